The molecule has 3 N–H and O–H groups in total. The number of benzene rings is 1. The number of aliphatic carboxylic acids is 1. The van der Waals surface area contributed by atoms with E-state index in [9.17, 15) is 9.59 Å². The van der Waals surface area contributed by atoms with Crippen molar-refractivity contribution in [2.24, 2.45) is 13.0 Å². The molecule has 0 atom stereocenters. The minimum absolute atomic E-state index is 0.0842. The van der Waals surface area contributed by atoms with Crippen LogP contribution in [0.5, 0.6) is 0 Å². The van der Waals surface area contributed by atoms with Crippen molar-refractivity contribution >= 4 is 22.9 Å². The highest BCUT2D eigenvalue weighted by atomic mass is 16.4. The number of hydrogen-bond acceptors (Lipinski definition) is 4. The van der Waals surface area contributed by atoms with Gasteiger partial charge in [-0.3, -0.25) is 9.59 Å². The van der Waals surface area contributed by atoms with Gasteiger partial charge in [-0.2, -0.15) is 0 Å². The van der Waals surface area contributed by atoms with E-state index in [0.717, 1.165) is 48.7 Å². The molecule has 1 fully saturated rings. The predicted octanol–water partition coefficient (Wildman–Crippen LogP) is 2.49. The number of rotatable bonds is 9. The Bertz CT molecular complexity index is 824. The van der Waals surface area contributed by atoms with Crippen molar-refractivity contribution in [3.63, 3.8) is 0 Å². The van der Waals surface area contributed by atoms with Crippen LogP contribution in [-0.2, 0) is 18.3 Å². The first-order chi connectivity index (χ1) is 13.5. The van der Waals surface area contributed by atoms with Gasteiger partial charge >= 0.3 is 5.97 Å². The number of amides is 1. The fourth-order valence-corrected chi connectivity index (χ4v) is 3.89. The van der Waals surface area contributed by atoms with Gasteiger partial charge in [-0.05, 0) is 56.5 Å². The van der Waals surface area contributed by atoms with Gasteiger partial charge in [-0.15, -0.1) is 0 Å². The number of aromatic nitrogens is 2. The van der Waals surface area contributed by atoms with Gasteiger partial charge in [0.2, 0.25) is 0 Å². The summed E-state index contributed by atoms with van der Waals surface area (Å²) in [6.07, 6.45) is 7.10. The van der Waals surface area contributed by atoms with E-state index in [1.807, 2.05) is 13.1 Å². The molecule has 1 aromatic carbocycles. The molecule has 28 heavy (non-hydrogen) atoms. The van der Waals surface area contributed by atoms with Crippen LogP contribution in [-0.4, -0.2) is 46.2 Å². The van der Waals surface area contributed by atoms with Gasteiger partial charge in [0, 0.05) is 25.6 Å². The van der Waals surface area contributed by atoms with Gasteiger partial charge in [0.1, 0.15) is 5.82 Å². The molecule has 2 heterocycles. The maximum absolute atomic E-state index is 12.2. The Morgan fingerprint density at radius 1 is 1.29 bits per heavy atom. The Morgan fingerprint density at radius 2 is 2.07 bits per heavy atom. The minimum Gasteiger partial charge on any atom is -0.481 e. The summed E-state index contributed by atoms with van der Waals surface area (Å²) < 4.78 is 2.10. The summed E-state index contributed by atoms with van der Waals surface area (Å²) in [4.78, 5) is 27.5. The van der Waals surface area contributed by atoms with Crippen LogP contribution in [0, 0.1) is 5.92 Å². The van der Waals surface area contributed by atoms with Gasteiger partial charge in [0.25, 0.3) is 5.91 Å². The molecule has 1 aliphatic rings. The van der Waals surface area contributed by atoms with Crippen LogP contribution in [0.25, 0.3) is 11.0 Å². The number of imidazole rings is 1. The molecule has 3 rings (SSSR count). The van der Waals surface area contributed by atoms with E-state index in [-0.39, 0.29) is 18.9 Å². The second-order valence-electron chi connectivity index (χ2n) is 7.63. The third kappa shape index (κ3) is 5.32. The zero-order chi connectivity index (χ0) is 19.9. The standard InChI is InChI=1S/C21H30N4O3/c1-25-18-7-6-16(21(28)23-13-10-20(26)27)14-17(18)24-19(25)5-3-2-4-15-8-11-22-12-9-15/h6-7,14-15,22H,2-5,8-13H2,1H3,(H,23,28)(H,26,27). The number of piperidine rings is 1. The van der Waals surface area contributed by atoms with Gasteiger partial charge in [0.05, 0.1) is 17.5 Å². The van der Waals surface area contributed by atoms with E-state index in [0.29, 0.717) is 5.56 Å². The maximum atomic E-state index is 12.2. The highest BCUT2D eigenvalue weighted by molar-refractivity contribution is 5.97. The number of hydrogen-bond donors (Lipinski definition) is 3. The first kappa shape index (κ1) is 20.3. The van der Waals surface area contributed by atoms with Crippen molar-refractivity contribution in [3.05, 3.63) is 29.6 Å². The first-order valence-electron chi connectivity index (χ1n) is 10.2. The molecule has 0 bridgehead atoms. The molecule has 1 amide bonds. The molecule has 1 aliphatic heterocycles. The van der Waals surface area contributed by atoms with Crippen LogP contribution >= 0.6 is 0 Å². The van der Waals surface area contributed by atoms with Crippen LogP contribution < -0.4 is 10.6 Å². The third-order valence-corrected chi connectivity index (χ3v) is 5.58. The Balaban J connectivity index is 1.55. The Hall–Kier alpha value is -2.41. The number of aryl methyl sites for hydroxylation is 2. The third-order valence-electron chi connectivity index (χ3n) is 5.58. The van der Waals surface area contributed by atoms with Gasteiger partial charge in [-0.1, -0.05) is 12.8 Å². The van der Waals surface area contributed by atoms with Crippen molar-refractivity contribution in [2.45, 2.75) is 44.9 Å². The van der Waals surface area contributed by atoms with E-state index in [1.165, 1.54) is 25.7 Å². The molecule has 0 spiro atoms. The van der Waals surface area contributed by atoms with Crippen LogP contribution in [0.15, 0.2) is 18.2 Å². The highest BCUT2D eigenvalue weighted by Crippen LogP contribution is 2.21. The number of nitrogens with zero attached hydrogens (tertiary/aromatic N) is 2. The van der Waals surface area contributed by atoms with Crippen LogP contribution in [0.1, 0.15) is 54.7 Å². The molecule has 0 saturated carbocycles. The summed E-state index contributed by atoms with van der Waals surface area (Å²) in [7, 11) is 2.02. The van der Waals surface area contributed by atoms with Crippen molar-refractivity contribution in [1.82, 2.24) is 20.2 Å². The van der Waals surface area contributed by atoms with Gasteiger partial charge < -0.3 is 20.3 Å². The lowest BCUT2D eigenvalue weighted by molar-refractivity contribution is -0.136. The molecule has 1 saturated heterocycles. The van der Waals surface area contributed by atoms with Crippen LogP contribution in [0.4, 0.5) is 0 Å². The number of carbonyl (C=O) groups is 2. The fraction of sp³-hybridized carbons (Fsp3) is 0.571. The fourth-order valence-electron chi connectivity index (χ4n) is 3.89. The van der Waals surface area contributed by atoms with E-state index < -0.39 is 5.97 Å². The Kier molecular flexibility index (Phi) is 7.03. The number of carboxylic acid groups (broad SMARTS) is 1. The van der Waals surface area contributed by atoms with E-state index in [4.69, 9.17) is 10.1 Å². The quantitative estimate of drug-likeness (QED) is 0.576. The minimum atomic E-state index is -0.926. The zero-order valence-corrected chi connectivity index (χ0v) is 16.5. The summed E-state index contributed by atoms with van der Waals surface area (Å²) in [5.41, 5.74) is 2.32. The van der Waals surface area contributed by atoms with E-state index in [2.05, 4.69) is 15.2 Å². The highest BCUT2D eigenvalue weighted by Gasteiger charge is 2.14. The Morgan fingerprint density at radius 3 is 2.82 bits per heavy atom. The molecule has 2 aromatic rings. The molecule has 7 nitrogen and oxygen atoms in total. The SMILES string of the molecule is Cn1c(CCCCC2CCNCC2)nc2cc(C(=O)NCCC(=O)O)ccc21. The molecular formula is C21H30N4O3. The number of unbranched alkanes of at least 4 members (excludes halogenated alkanes) is 1. The summed E-state index contributed by atoms with van der Waals surface area (Å²) >= 11 is 0. The summed E-state index contributed by atoms with van der Waals surface area (Å²) in [5.74, 6) is 0.718. The maximum Gasteiger partial charge on any atom is 0.305 e. The molecule has 152 valence electrons. The number of fused-ring (bicyclic) bond motifs is 1. The van der Waals surface area contributed by atoms with Gasteiger partial charge in [-0.25, -0.2) is 4.98 Å². The van der Waals surface area contributed by atoms with Crippen molar-refractivity contribution < 1.29 is 14.7 Å². The van der Waals surface area contributed by atoms with E-state index in [1.54, 1.807) is 12.1 Å². The smallest absolute Gasteiger partial charge is 0.305 e. The van der Waals surface area contributed by atoms with Crippen molar-refractivity contribution in [3.8, 4) is 0 Å². The number of carboxylic acids is 1. The second-order valence-corrected chi connectivity index (χ2v) is 7.63. The monoisotopic (exact) mass is 386 g/mol. The van der Waals surface area contributed by atoms with Gasteiger partial charge in [0.15, 0.2) is 0 Å². The summed E-state index contributed by atoms with van der Waals surface area (Å²) in [6, 6.07) is 5.46. The zero-order valence-electron chi connectivity index (χ0n) is 16.5. The molecule has 0 radical (unpaired) electrons. The lowest BCUT2D eigenvalue weighted by atomic mass is 9.92. The molecule has 7 heteroatoms. The van der Waals surface area contributed by atoms with Crippen LogP contribution in [0.2, 0.25) is 0 Å². The molecule has 0 unspecified atom stereocenters. The van der Waals surface area contributed by atoms with Crippen LogP contribution in [0.3, 0.4) is 0 Å². The average molecular weight is 386 g/mol. The summed E-state index contributed by atoms with van der Waals surface area (Å²) in [6.45, 7) is 2.43. The largest absolute Gasteiger partial charge is 0.481 e. The molecule has 0 aliphatic carbocycles. The predicted molar refractivity (Wildman–Crippen MR) is 108 cm³/mol. The first-order valence-corrected chi connectivity index (χ1v) is 10.2. The topological polar surface area (TPSA) is 96.3 Å². The number of carbonyl (C=O) groups excluding carboxylic acids is 1. The Labute approximate surface area is 165 Å². The number of nitrogens with one attached hydrogen (secondary N) is 2. The second kappa shape index (κ2) is 9.68. The van der Waals surface area contributed by atoms with Crippen molar-refractivity contribution in [2.75, 3.05) is 19.6 Å². The molecular weight excluding hydrogens is 356 g/mol. The normalized spacial score (nSPS) is 15.0. The molecule has 1 aromatic heterocycles. The average Bonchev–Trinajstić information content (AvgIpc) is 3.01. The van der Waals surface area contributed by atoms with Crippen molar-refractivity contribution in [1.29, 1.82) is 0 Å². The van der Waals surface area contributed by atoms with E-state index >= 15 is 0 Å². The lowest BCUT2D eigenvalue weighted by Gasteiger charge is -2.22. The summed E-state index contributed by atoms with van der Waals surface area (Å²) in [5, 5.41) is 14.7. The lowest BCUT2D eigenvalue weighted by Crippen LogP contribution is -2.27.